The van der Waals surface area contributed by atoms with E-state index in [1.807, 2.05) is 61.5 Å². The average Bonchev–Trinajstić information content (AvgIpc) is 3.16. The molecule has 0 aliphatic carbocycles. The predicted octanol–water partition coefficient (Wildman–Crippen LogP) is 4.30. The molecule has 1 amide bonds. The molecular formula is C26H25N3O3. The molecule has 0 bridgehead atoms. The summed E-state index contributed by atoms with van der Waals surface area (Å²) in [6.07, 6.45) is 1.78. The summed E-state index contributed by atoms with van der Waals surface area (Å²) in [5.74, 6) is -0.958. The fraction of sp³-hybridized carbons (Fsp3) is 0.192. The van der Waals surface area contributed by atoms with Gasteiger partial charge in [0, 0.05) is 34.8 Å². The number of carbonyl (C=O) groups is 2. The summed E-state index contributed by atoms with van der Waals surface area (Å²) >= 11 is 0. The molecule has 0 aliphatic rings. The highest BCUT2D eigenvalue weighted by Gasteiger charge is 2.46. The van der Waals surface area contributed by atoms with E-state index >= 15 is 0 Å². The van der Waals surface area contributed by atoms with Crippen LogP contribution in [-0.2, 0) is 21.5 Å². The van der Waals surface area contributed by atoms with Crippen molar-refractivity contribution in [2.45, 2.75) is 25.8 Å². The number of carbonyl (C=O) groups excluding carboxylic acids is 2. The first kappa shape index (κ1) is 21.3. The first-order valence-corrected chi connectivity index (χ1v) is 10.6. The number of esters is 1. The van der Waals surface area contributed by atoms with Crippen molar-refractivity contribution in [3.63, 3.8) is 0 Å². The van der Waals surface area contributed by atoms with Crippen LogP contribution in [0.2, 0.25) is 0 Å². The van der Waals surface area contributed by atoms with Crippen LogP contribution in [0.3, 0.4) is 0 Å². The molecule has 0 aliphatic heterocycles. The molecule has 4 rings (SSSR count). The molecule has 1 unspecified atom stereocenters. The molecule has 2 aromatic carbocycles. The third-order valence-corrected chi connectivity index (χ3v) is 5.48. The van der Waals surface area contributed by atoms with E-state index < -0.39 is 17.4 Å². The molecule has 2 N–H and O–H groups in total. The van der Waals surface area contributed by atoms with Crippen LogP contribution < -0.4 is 5.32 Å². The number of fused-ring (bicyclic) bond motifs is 1. The number of H-pyrrole nitrogens is 1. The van der Waals surface area contributed by atoms with Gasteiger partial charge >= 0.3 is 5.97 Å². The van der Waals surface area contributed by atoms with E-state index in [4.69, 9.17) is 4.74 Å². The quantitative estimate of drug-likeness (QED) is 0.431. The van der Waals surface area contributed by atoms with Gasteiger partial charge in [-0.25, -0.2) is 4.79 Å². The van der Waals surface area contributed by atoms with Crippen molar-refractivity contribution in [1.82, 2.24) is 15.3 Å². The van der Waals surface area contributed by atoms with Crippen LogP contribution in [0.1, 0.15) is 34.2 Å². The Morgan fingerprint density at radius 3 is 2.44 bits per heavy atom. The molecule has 2 heterocycles. The summed E-state index contributed by atoms with van der Waals surface area (Å²) < 4.78 is 5.56. The number of aromatic nitrogens is 2. The Bertz CT molecular complexity index is 1240. The van der Waals surface area contributed by atoms with E-state index in [1.54, 1.807) is 31.3 Å². The molecule has 6 heteroatoms. The lowest BCUT2D eigenvalue weighted by Gasteiger charge is -2.33. The van der Waals surface area contributed by atoms with E-state index in [1.165, 1.54) is 0 Å². The van der Waals surface area contributed by atoms with Gasteiger partial charge in [0.05, 0.1) is 6.61 Å². The fourth-order valence-electron chi connectivity index (χ4n) is 4.16. The van der Waals surface area contributed by atoms with Gasteiger partial charge in [0.15, 0.2) is 5.54 Å². The van der Waals surface area contributed by atoms with Gasteiger partial charge in [-0.15, -0.1) is 0 Å². The molecule has 162 valence electrons. The van der Waals surface area contributed by atoms with Crippen molar-refractivity contribution in [2.24, 2.45) is 0 Å². The highest BCUT2D eigenvalue weighted by molar-refractivity contribution is 6.00. The summed E-state index contributed by atoms with van der Waals surface area (Å²) in [6, 6.07) is 22.4. The van der Waals surface area contributed by atoms with Crippen LogP contribution in [0.5, 0.6) is 0 Å². The Labute approximate surface area is 186 Å². The minimum atomic E-state index is -1.45. The molecule has 6 nitrogen and oxygen atoms in total. The number of pyridine rings is 1. The van der Waals surface area contributed by atoms with Gasteiger partial charge < -0.3 is 15.0 Å². The lowest BCUT2D eigenvalue weighted by Crippen LogP contribution is -2.54. The molecule has 0 radical (unpaired) electrons. The SMILES string of the molecule is CCOC(=O)C(Cc1ccccc1)(NC(=O)c1ccccn1)c1c(C)[nH]c2ccccc12. The Kier molecular flexibility index (Phi) is 6.03. The summed E-state index contributed by atoms with van der Waals surface area (Å²) in [5.41, 5.74) is 2.04. The van der Waals surface area contributed by atoms with E-state index in [0.29, 0.717) is 5.56 Å². The maximum Gasteiger partial charge on any atom is 0.337 e. The van der Waals surface area contributed by atoms with Crippen LogP contribution in [0.4, 0.5) is 0 Å². The molecule has 2 aromatic heterocycles. The molecule has 0 fully saturated rings. The van der Waals surface area contributed by atoms with Gasteiger partial charge in [0.1, 0.15) is 5.69 Å². The Hall–Kier alpha value is -3.93. The molecule has 0 saturated heterocycles. The number of hydrogen-bond donors (Lipinski definition) is 2. The van der Waals surface area contributed by atoms with Gasteiger partial charge in [-0.2, -0.15) is 0 Å². The van der Waals surface area contributed by atoms with Crippen molar-refractivity contribution in [3.05, 3.63) is 102 Å². The highest BCUT2D eigenvalue weighted by Crippen LogP contribution is 2.36. The molecule has 0 spiro atoms. The van der Waals surface area contributed by atoms with E-state index in [0.717, 1.165) is 22.2 Å². The normalized spacial score (nSPS) is 12.8. The zero-order valence-corrected chi connectivity index (χ0v) is 18.1. The third kappa shape index (κ3) is 3.99. The molecular weight excluding hydrogens is 402 g/mol. The van der Waals surface area contributed by atoms with E-state index in [-0.39, 0.29) is 18.7 Å². The van der Waals surface area contributed by atoms with Crippen molar-refractivity contribution in [2.75, 3.05) is 6.61 Å². The minimum absolute atomic E-state index is 0.191. The highest BCUT2D eigenvalue weighted by atomic mass is 16.5. The van der Waals surface area contributed by atoms with Gasteiger partial charge in [0.2, 0.25) is 0 Å². The summed E-state index contributed by atoms with van der Waals surface area (Å²) in [7, 11) is 0. The van der Waals surface area contributed by atoms with Crippen molar-refractivity contribution in [1.29, 1.82) is 0 Å². The number of nitrogens with zero attached hydrogens (tertiary/aromatic N) is 1. The van der Waals surface area contributed by atoms with E-state index in [2.05, 4.69) is 15.3 Å². The largest absolute Gasteiger partial charge is 0.464 e. The predicted molar refractivity (Wildman–Crippen MR) is 123 cm³/mol. The monoisotopic (exact) mass is 427 g/mol. The topological polar surface area (TPSA) is 84.1 Å². The smallest absolute Gasteiger partial charge is 0.337 e. The number of para-hydroxylation sites is 1. The van der Waals surface area contributed by atoms with Gasteiger partial charge in [-0.05, 0) is 37.6 Å². The second-order valence-corrected chi connectivity index (χ2v) is 7.63. The zero-order valence-electron chi connectivity index (χ0n) is 18.1. The number of aromatic amines is 1. The number of ether oxygens (including phenoxy) is 1. The van der Waals surface area contributed by atoms with Crippen LogP contribution in [-0.4, -0.2) is 28.5 Å². The fourth-order valence-corrected chi connectivity index (χ4v) is 4.16. The Morgan fingerprint density at radius 1 is 1.00 bits per heavy atom. The number of benzene rings is 2. The van der Waals surface area contributed by atoms with E-state index in [9.17, 15) is 9.59 Å². The molecule has 32 heavy (non-hydrogen) atoms. The van der Waals surface area contributed by atoms with Crippen LogP contribution in [0.15, 0.2) is 79.0 Å². The van der Waals surface area contributed by atoms with Crippen molar-refractivity contribution >= 4 is 22.8 Å². The zero-order chi connectivity index (χ0) is 22.6. The van der Waals surface area contributed by atoms with Crippen LogP contribution in [0, 0.1) is 6.92 Å². The second kappa shape index (κ2) is 9.06. The van der Waals surface area contributed by atoms with Crippen LogP contribution in [0.25, 0.3) is 10.9 Å². The maximum atomic E-state index is 13.7. The Morgan fingerprint density at radius 2 is 1.72 bits per heavy atom. The number of amides is 1. The first-order valence-electron chi connectivity index (χ1n) is 10.6. The van der Waals surface area contributed by atoms with Gasteiger partial charge in [-0.3, -0.25) is 9.78 Å². The van der Waals surface area contributed by atoms with Crippen molar-refractivity contribution in [3.8, 4) is 0 Å². The summed E-state index contributed by atoms with van der Waals surface area (Å²) in [5, 5.41) is 3.88. The number of nitrogens with one attached hydrogen (secondary N) is 2. The molecule has 0 saturated carbocycles. The van der Waals surface area contributed by atoms with Crippen LogP contribution >= 0.6 is 0 Å². The Balaban J connectivity index is 1.94. The number of rotatable bonds is 7. The lowest BCUT2D eigenvalue weighted by atomic mass is 9.81. The van der Waals surface area contributed by atoms with Gasteiger partial charge in [-0.1, -0.05) is 54.6 Å². The first-order chi connectivity index (χ1) is 15.5. The lowest BCUT2D eigenvalue weighted by molar-refractivity contribution is -0.151. The standard InChI is InChI=1S/C26H25N3O3/c1-3-32-25(31)26(17-19-11-5-4-6-12-19,29-24(30)22-15-9-10-16-27-22)23-18(2)28-21-14-8-7-13-20(21)23/h4-16,28H,3,17H2,1-2H3,(H,29,30). The van der Waals surface area contributed by atoms with Gasteiger partial charge in [0.25, 0.3) is 5.91 Å². The maximum absolute atomic E-state index is 13.7. The molecule has 1 atom stereocenters. The molecule has 4 aromatic rings. The second-order valence-electron chi connectivity index (χ2n) is 7.63. The summed E-state index contributed by atoms with van der Waals surface area (Å²) in [4.78, 5) is 34.5. The minimum Gasteiger partial charge on any atom is -0.464 e. The third-order valence-electron chi connectivity index (χ3n) is 5.48. The average molecular weight is 428 g/mol. The number of aryl methyl sites for hydroxylation is 1. The van der Waals surface area contributed by atoms with Crippen molar-refractivity contribution < 1.29 is 14.3 Å². The summed E-state index contributed by atoms with van der Waals surface area (Å²) in [6.45, 7) is 3.85. The number of hydrogen-bond acceptors (Lipinski definition) is 4.